The van der Waals surface area contributed by atoms with E-state index < -0.39 is 9.52 Å². The molecular weight excluding hydrogens is 364 g/mol. The molecule has 0 bridgehead atoms. The first kappa shape index (κ1) is 21.8. The maximum atomic E-state index is 2.41. The SMILES string of the molecule is CCCCc1ccc(C([SiH2]C2=C(C)C=CC2C)c2ccc(CCCC)cc2)cc1. The van der Waals surface area contributed by atoms with Crippen molar-refractivity contribution in [1.29, 1.82) is 0 Å². The highest BCUT2D eigenvalue weighted by molar-refractivity contribution is 6.49. The summed E-state index contributed by atoms with van der Waals surface area (Å²) in [5, 5.41) is 1.74. The Hall–Kier alpha value is -1.86. The third-order valence-corrected chi connectivity index (χ3v) is 9.51. The summed E-state index contributed by atoms with van der Waals surface area (Å²) in [5.41, 5.74) is 8.08. The van der Waals surface area contributed by atoms with Crippen LogP contribution in [0.5, 0.6) is 0 Å². The molecule has 3 rings (SSSR count). The van der Waals surface area contributed by atoms with Gasteiger partial charge in [-0.05, 0) is 60.8 Å². The third kappa shape index (κ3) is 5.82. The Morgan fingerprint density at radius 3 is 1.66 bits per heavy atom. The summed E-state index contributed by atoms with van der Waals surface area (Å²) in [6.07, 6.45) is 12.2. The van der Waals surface area contributed by atoms with Gasteiger partial charge < -0.3 is 0 Å². The van der Waals surface area contributed by atoms with Crippen LogP contribution in [-0.2, 0) is 12.8 Å². The third-order valence-electron chi connectivity index (χ3n) is 6.52. The topological polar surface area (TPSA) is 0 Å². The van der Waals surface area contributed by atoms with Crippen molar-refractivity contribution in [3.8, 4) is 0 Å². The van der Waals surface area contributed by atoms with E-state index in [9.17, 15) is 0 Å². The van der Waals surface area contributed by atoms with Gasteiger partial charge in [0.25, 0.3) is 0 Å². The molecule has 0 aromatic heterocycles. The van der Waals surface area contributed by atoms with Crippen LogP contribution < -0.4 is 0 Å². The van der Waals surface area contributed by atoms with Gasteiger partial charge in [-0.15, -0.1) is 0 Å². The summed E-state index contributed by atoms with van der Waals surface area (Å²) >= 11 is 0. The highest BCUT2D eigenvalue weighted by Crippen LogP contribution is 2.32. The minimum atomic E-state index is -0.429. The van der Waals surface area contributed by atoms with Crippen molar-refractivity contribution in [2.75, 3.05) is 0 Å². The van der Waals surface area contributed by atoms with Gasteiger partial charge in [-0.3, -0.25) is 0 Å². The predicted molar refractivity (Wildman–Crippen MR) is 131 cm³/mol. The fourth-order valence-corrected chi connectivity index (χ4v) is 6.86. The molecule has 0 aliphatic heterocycles. The first-order chi connectivity index (χ1) is 14.1. The van der Waals surface area contributed by atoms with Crippen molar-refractivity contribution < 1.29 is 0 Å². The Balaban J connectivity index is 1.86. The average Bonchev–Trinajstić information content (AvgIpc) is 3.07. The summed E-state index contributed by atoms with van der Waals surface area (Å²) in [4.78, 5) is 0. The summed E-state index contributed by atoms with van der Waals surface area (Å²) in [6.45, 7) is 9.22. The fraction of sp³-hybridized carbons (Fsp3) is 0.429. The quantitative estimate of drug-likeness (QED) is 0.371. The molecule has 1 aliphatic carbocycles. The molecule has 0 saturated carbocycles. The van der Waals surface area contributed by atoms with Crippen LogP contribution in [0.2, 0.25) is 0 Å². The predicted octanol–water partition coefficient (Wildman–Crippen LogP) is 7.11. The second kappa shape index (κ2) is 10.8. The van der Waals surface area contributed by atoms with E-state index in [0.29, 0.717) is 11.5 Å². The van der Waals surface area contributed by atoms with Gasteiger partial charge in [-0.1, -0.05) is 105 Å². The second-order valence-electron chi connectivity index (χ2n) is 8.80. The van der Waals surface area contributed by atoms with Crippen molar-refractivity contribution >= 4 is 9.52 Å². The number of rotatable bonds is 10. The van der Waals surface area contributed by atoms with Gasteiger partial charge in [0.2, 0.25) is 0 Å². The van der Waals surface area contributed by atoms with Gasteiger partial charge in [0, 0.05) is 5.54 Å². The summed E-state index contributed by atoms with van der Waals surface area (Å²) in [5.74, 6) is 0.622. The number of benzene rings is 2. The highest BCUT2D eigenvalue weighted by atomic mass is 28.2. The molecule has 0 nitrogen and oxygen atoms in total. The lowest BCUT2D eigenvalue weighted by Crippen LogP contribution is -2.16. The average molecular weight is 403 g/mol. The molecule has 0 N–H and O–H groups in total. The Labute approximate surface area is 181 Å². The fourth-order valence-electron chi connectivity index (χ4n) is 4.46. The zero-order valence-corrected chi connectivity index (χ0v) is 20.3. The van der Waals surface area contributed by atoms with E-state index in [-0.39, 0.29) is 0 Å². The van der Waals surface area contributed by atoms with Gasteiger partial charge >= 0.3 is 0 Å². The molecule has 0 heterocycles. The molecule has 29 heavy (non-hydrogen) atoms. The maximum Gasteiger partial charge on any atom is 0.0639 e. The van der Waals surface area contributed by atoms with Crippen LogP contribution in [0.4, 0.5) is 0 Å². The maximum absolute atomic E-state index is 2.41. The molecule has 0 radical (unpaired) electrons. The largest absolute Gasteiger partial charge is 0.0778 e. The lowest BCUT2D eigenvalue weighted by molar-refractivity contribution is 0.794. The molecule has 154 valence electrons. The number of aryl methyl sites for hydroxylation is 2. The van der Waals surface area contributed by atoms with E-state index in [1.807, 2.05) is 0 Å². The van der Waals surface area contributed by atoms with Crippen LogP contribution in [0.3, 0.4) is 0 Å². The van der Waals surface area contributed by atoms with Gasteiger partial charge in [-0.2, -0.15) is 0 Å². The number of hydrogen-bond acceptors (Lipinski definition) is 0. The van der Waals surface area contributed by atoms with Crippen molar-refractivity contribution in [2.45, 2.75) is 71.8 Å². The minimum Gasteiger partial charge on any atom is -0.0778 e. The molecule has 0 amide bonds. The zero-order chi connectivity index (χ0) is 20.6. The van der Waals surface area contributed by atoms with Gasteiger partial charge in [-0.25, -0.2) is 0 Å². The second-order valence-corrected chi connectivity index (χ2v) is 10.8. The molecule has 1 heteroatoms. The van der Waals surface area contributed by atoms with Crippen LogP contribution in [0.25, 0.3) is 0 Å². The van der Waals surface area contributed by atoms with E-state index in [1.165, 1.54) is 66.4 Å². The Bertz CT molecular complexity index is 772. The highest BCUT2D eigenvalue weighted by Gasteiger charge is 2.22. The summed E-state index contributed by atoms with van der Waals surface area (Å²) in [7, 11) is -0.429. The first-order valence-electron chi connectivity index (χ1n) is 11.7. The molecule has 0 saturated heterocycles. The first-order valence-corrected chi connectivity index (χ1v) is 13.2. The Morgan fingerprint density at radius 2 is 1.28 bits per heavy atom. The van der Waals surface area contributed by atoms with Crippen molar-refractivity contribution in [3.05, 3.63) is 93.7 Å². The lowest BCUT2D eigenvalue weighted by atomic mass is 9.99. The lowest BCUT2D eigenvalue weighted by Gasteiger charge is -2.22. The summed E-state index contributed by atoms with van der Waals surface area (Å²) in [6, 6.07) is 19.2. The molecule has 0 spiro atoms. The minimum absolute atomic E-state index is 0.429. The molecule has 1 aliphatic rings. The zero-order valence-electron chi connectivity index (χ0n) is 18.9. The van der Waals surface area contributed by atoms with E-state index in [1.54, 1.807) is 5.20 Å². The van der Waals surface area contributed by atoms with Crippen molar-refractivity contribution in [1.82, 2.24) is 0 Å². The number of allylic oxidation sites excluding steroid dienone is 4. The molecule has 1 unspecified atom stereocenters. The standard InChI is InChI=1S/C28H38Si/c1-5-7-9-23-13-17-25(18-14-23)28(29-27-21(3)11-12-22(27)4)26-19-15-24(16-20-26)10-8-6-2/h11-21,28H,5-10,29H2,1-4H3. The number of hydrogen-bond donors (Lipinski definition) is 0. The molecule has 2 aromatic carbocycles. The Kier molecular flexibility index (Phi) is 8.12. The van der Waals surface area contributed by atoms with Crippen LogP contribution in [0, 0.1) is 5.92 Å². The normalized spacial score (nSPS) is 16.7. The van der Waals surface area contributed by atoms with Crippen LogP contribution in [0.1, 0.15) is 81.2 Å². The van der Waals surface area contributed by atoms with Gasteiger partial charge in [0.05, 0.1) is 9.52 Å². The van der Waals surface area contributed by atoms with E-state index in [4.69, 9.17) is 0 Å². The number of unbranched alkanes of at least 4 members (excludes halogenated alkanes) is 2. The van der Waals surface area contributed by atoms with Crippen molar-refractivity contribution in [3.63, 3.8) is 0 Å². The molecular formula is C28H38Si. The van der Waals surface area contributed by atoms with E-state index >= 15 is 0 Å². The molecule has 1 atom stereocenters. The van der Waals surface area contributed by atoms with Crippen LogP contribution in [0.15, 0.2) is 71.5 Å². The van der Waals surface area contributed by atoms with Crippen molar-refractivity contribution in [2.24, 2.45) is 5.92 Å². The monoisotopic (exact) mass is 402 g/mol. The van der Waals surface area contributed by atoms with Gasteiger partial charge in [0.1, 0.15) is 0 Å². The smallest absolute Gasteiger partial charge is 0.0639 e. The van der Waals surface area contributed by atoms with Crippen LogP contribution in [-0.4, -0.2) is 9.52 Å². The Morgan fingerprint density at radius 1 is 0.793 bits per heavy atom. The van der Waals surface area contributed by atoms with E-state index in [2.05, 4.69) is 88.4 Å². The van der Waals surface area contributed by atoms with Gasteiger partial charge in [0.15, 0.2) is 0 Å². The van der Waals surface area contributed by atoms with E-state index in [0.717, 1.165) is 0 Å². The molecule has 2 aromatic rings. The van der Waals surface area contributed by atoms with Crippen LogP contribution >= 0.6 is 0 Å². The summed E-state index contributed by atoms with van der Waals surface area (Å²) < 4.78 is 0. The molecule has 0 fully saturated rings.